The molecule has 0 aliphatic rings. The summed E-state index contributed by atoms with van der Waals surface area (Å²) in [4.78, 5) is 12.3. The molecule has 0 saturated heterocycles. The van der Waals surface area contributed by atoms with Crippen LogP contribution in [-0.2, 0) is 27.5 Å². The molecule has 0 heterocycles. The zero-order valence-electron chi connectivity index (χ0n) is 14.1. The van der Waals surface area contributed by atoms with Crippen LogP contribution in [0.2, 0.25) is 0 Å². The van der Waals surface area contributed by atoms with Gasteiger partial charge in [-0.2, -0.15) is 0 Å². The number of ether oxygens (including phenoxy) is 2. The lowest BCUT2D eigenvalue weighted by molar-refractivity contribution is -0.152. The van der Waals surface area contributed by atoms with Crippen LogP contribution >= 0.6 is 0 Å². The average Bonchev–Trinajstić information content (AvgIpc) is 2.64. The van der Waals surface area contributed by atoms with Crippen molar-refractivity contribution in [3.05, 3.63) is 71.8 Å². The van der Waals surface area contributed by atoms with Crippen molar-refractivity contribution in [2.24, 2.45) is 5.92 Å². The second-order valence-electron chi connectivity index (χ2n) is 5.68. The maximum atomic E-state index is 12.3. The van der Waals surface area contributed by atoms with Gasteiger partial charge in [-0.15, -0.1) is 0 Å². The number of carbonyl (C=O) groups is 1. The van der Waals surface area contributed by atoms with Gasteiger partial charge in [-0.25, -0.2) is 0 Å². The molecule has 1 unspecified atom stereocenters. The van der Waals surface area contributed by atoms with Crippen molar-refractivity contribution in [3.8, 4) is 0 Å². The van der Waals surface area contributed by atoms with Gasteiger partial charge in [-0.3, -0.25) is 4.79 Å². The first-order valence-corrected chi connectivity index (χ1v) is 8.26. The molecule has 24 heavy (non-hydrogen) atoms. The van der Waals surface area contributed by atoms with Crippen molar-refractivity contribution in [2.75, 3.05) is 20.2 Å². The molecule has 1 N–H and O–H groups in total. The summed E-state index contributed by atoms with van der Waals surface area (Å²) in [6, 6.07) is 19.7. The van der Waals surface area contributed by atoms with Gasteiger partial charge in [0.15, 0.2) is 0 Å². The number of hydrogen-bond acceptors (Lipinski definition) is 4. The van der Waals surface area contributed by atoms with Crippen molar-refractivity contribution in [1.29, 1.82) is 0 Å². The molecule has 4 nitrogen and oxygen atoms in total. The molecule has 2 aromatic rings. The van der Waals surface area contributed by atoms with Gasteiger partial charge >= 0.3 is 5.97 Å². The van der Waals surface area contributed by atoms with Crippen molar-refractivity contribution >= 4 is 5.97 Å². The van der Waals surface area contributed by atoms with Crippen molar-refractivity contribution in [1.82, 2.24) is 5.32 Å². The van der Waals surface area contributed by atoms with Crippen molar-refractivity contribution in [2.45, 2.75) is 19.6 Å². The first kappa shape index (κ1) is 18.2. The van der Waals surface area contributed by atoms with E-state index in [1.54, 1.807) is 0 Å². The number of esters is 1. The Hall–Kier alpha value is -2.17. The Balaban J connectivity index is 1.80. The highest BCUT2D eigenvalue weighted by Gasteiger charge is 2.20. The van der Waals surface area contributed by atoms with Crippen molar-refractivity contribution < 1.29 is 14.3 Å². The van der Waals surface area contributed by atoms with E-state index in [4.69, 9.17) is 9.47 Å². The van der Waals surface area contributed by atoms with Gasteiger partial charge in [0.2, 0.25) is 0 Å². The monoisotopic (exact) mass is 327 g/mol. The summed E-state index contributed by atoms with van der Waals surface area (Å²) >= 11 is 0. The minimum atomic E-state index is -0.259. The fourth-order valence-electron chi connectivity index (χ4n) is 2.33. The summed E-state index contributed by atoms with van der Waals surface area (Å²) in [7, 11) is 1.87. The van der Waals surface area contributed by atoms with Crippen molar-refractivity contribution in [3.63, 3.8) is 0 Å². The van der Waals surface area contributed by atoms with Crippen LogP contribution in [0.4, 0.5) is 0 Å². The van der Waals surface area contributed by atoms with E-state index < -0.39 is 0 Å². The smallest absolute Gasteiger partial charge is 0.311 e. The molecule has 2 rings (SSSR count). The van der Waals surface area contributed by atoms with Gasteiger partial charge < -0.3 is 14.8 Å². The number of nitrogens with one attached hydrogen (secondary N) is 1. The maximum absolute atomic E-state index is 12.3. The van der Waals surface area contributed by atoms with Crippen LogP contribution < -0.4 is 5.32 Å². The third kappa shape index (κ3) is 6.52. The molecule has 0 aliphatic carbocycles. The van der Waals surface area contributed by atoms with Crippen LogP contribution in [0.5, 0.6) is 0 Å². The van der Waals surface area contributed by atoms with Crippen LogP contribution in [0, 0.1) is 5.92 Å². The first-order valence-electron chi connectivity index (χ1n) is 8.26. The Labute approximate surface area is 143 Å². The van der Waals surface area contributed by atoms with Gasteiger partial charge in [-0.05, 0) is 31.1 Å². The standard InChI is InChI=1S/C20H25NO3/c1-21-13-12-19(16-23-14-17-8-4-2-5-9-17)20(22)24-15-18-10-6-3-7-11-18/h2-11,19,21H,12-16H2,1H3. The Kier molecular flexibility index (Phi) is 8.01. The predicted molar refractivity (Wildman–Crippen MR) is 94.4 cm³/mol. The van der Waals surface area contributed by atoms with E-state index in [1.807, 2.05) is 67.7 Å². The van der Waals surface area contributed by atoms with E-state index >= 15 is 0 Å². The van der Waals surface area contributed by atoms with E-state index in [0.717, 1.165) is 17.7 Å². The normalized spacial score (nSPS) is 11.9. The molecule has 0 aliphatic heterocycles. The second-order valence-corrected chi connectivity index (χ2v) is 5.68. The zero-order chi connectivity index (χ0) is 17.0. The molecule has 0 aromatic heterocycles. The van der Waals surface area contributed by atoms with Crippen LogP contribution in [0.1, 0.15) is 17.5 Å². The molecule has 128 valence electrons. The van der Waals surface area contributed by atoms with E-state index in [2.05, 4.69) is 5.32 Å². The predicted octanol–water partition coefficient (Wildman–Crippen LogP) is 3.17. The number of hydrogen-bond donors (Lipinski definition) is 1. The third-order valence-electron chi connectivity index (χ3n) is 3.73. The van der Waals surface area contributed by atoms with Crippen LogP contribution in [0.3, 0.4) is 0 Å². The number of carbonyl (C=O) groups excluding carboxylic acids is 1. The summed E-state index contributed by atoms with van der Waals surface area (Å²) in [5.74, 6) is -0.466. The molecule has 1 atom stereocenters. The van der Waals surface area contributed by atoms with E-state index in [9.17, 15) is 4.79 Å². The quantitative estimate of drug-likeness (QED) is 0.681. The molecule has 0 radical (unpaired) electrons. The molecule has 0 amide bonds. The summed E-state index contributed by atoms with van der Waals surface area (Å²) < 4.78 is 11.2. The molecular weight excluding hydrogens is 302 g/mol. The van der Waals surface area contributed by atoms with Crippen LogP contribution in [0.25, 0.3) is 0 Å². The van der Waals surface area contributed by atoms with Gasteiger partial charge in [-0.1, -0.05) is 60.7 Å². The van der Waals surface area contributed by atoms with E-state index in [-0.39, 0.29) is 11.9 Å². The van der Waals surface area contributed by atoms with Gasteiger partial charge in [0, 0.05) is 0 Å². The lowest BCUT2D eigenvalue weighted by atomic mass is 10.1. The van der Waals surface area contributed by atoms with Crippen LogP contribution in [0.15, 0.2) is 60.7 Å². The molecule has 0 spiro atoms. The SMILES string of the molecule is CNCCC(COCc1ccccc1)C(=O)OCc1ccccc1. The van der Waals surface area contributed by atoms with Gasteiger partial charge in [0.25, 0.3) is 0 Å². The highest BCUT2D eigenvalue weighted by molar-refractivity contribution is 5.72. The number of benzene rings is 2. The minimum Gasteiger partial charge on any atom is -0.461 e. The summed E-state index contributed by atoms with van der Waals surface area (Å²) in [5, 5.41) is 3.07. The summed E-state index contributed by atoms with van der Waals surface area (Å²) in [6.07, 6.45) is 0.693. The maximum Gasteiger partial charge on any atom is 0.311 e. The Morgan fingerprint density at radius 3 is 2.12 bits per heavy atom. The Morgan fingerprint density at radius 1 is 0.958 bits per heavy atom. The topological polar surface area (TPSA) is 47.6 Å². The lowest BCUT2D eigenvalue weighted by Gasteiger charge is -2.16. The molecule has 4 heteroatoms. The average molecular weight is 327 g/mol. The fourth-order valence-corrected chi connectivity index (χ4v) is 2.33. The molecular formula is C20H25NO3. The third-order valence-corrected chi connectivity index (χ3v) is 3.73. The lowest BCUT2D eigenvalue weighted by Crippen LogP contribution is -2.26. The molecule has 0 saturated carbocycles. The zero-order valence-corrected chi connectivity index (χ0v) is 14.1. The van der Waals surface area contributed by atoms with Crippen LogP contribution in [-0.4, -0.2) is 26.2 Å². The second kappa shape index (κ2) is 10.6. The Bertz CT molecular complexity index is 586. The highest BCUT2D eigenvalue weighted by Crippen LogP contribution is 2.11. The largest absolute Gasteiger partial charge is 0.461 e. The van der Waals surface area contributed by atoms with E-state index in [0.29, 0.717) is 26.2 Å². The van der Waals surface area contributed by atoms with E-state index in [1.165, 1.54) is 0 Å². The highest BCUT2D eigenvalue weighted by atomic mass is 16.5. The number of rotatable bonds is 10. The molecule has 0 bridgehead atoms. The first-order chi connectivity index (χ1) is 11.8. The summed E-state index contributed by atoms with van der Waals surface area (Å²) in [6.45, 7) is 1.92. The van der Waals surface area contributed by atoms with Gasteiger partial charge in [0.1, 0.15) is 6.61 Å². The molecule has 0 fully saturated rings. The molecule has 2 aromatic carbocycles. The Morgan fingerprint density at radius 2 is 1.54 bits per heavy atom. The minimum absolute atomic E-state index is 0.206. The summed E-state index contributed by atoms with van der Waals surface area (Å²) in [5.41, 5.74) is 2.09. The van der Waals surface area contributed by atoms with Gasteiger partial charge in [0.05, 0.1) is 19.1 Å². The fraction of sp³-hybridized carbons (Fsp3) is 0.350.